The number of benzene rings is 1. The summed E-state index contributed by atoms with van der Waals surface area (Å²) >= 11 is 0. The molecule has 0 radical (unpaired) electrons. The summed E-state index contributed by atoms with van der Waals surface area (Å²) in [5.41, 5.74) is 9.74. The third-order valence-electron chi connectivity index (χ3n) is 2.32. The maximum Gasteiger partial charge on any atom is 0.336 e. The number of amides is 1. The second-order valence-electron chi connectivity index (χ2n) is 3.49. The Hall–Kier alpha value is -1.88. The summed E-state index contributed by atoms with van der Waals surface area (Å²) in [6.07, 6.45) is 0.0237. The molecule has 0 aliphatic heterocycles. The number of rotatable bonds is 4. The normalized spacial score (nSPS) is 13.9. The van der Waals surface area contributed by atoms with Crippen molar-refractivity contribution in [3.8, 4) is 0 Å². The molecule has 0 aromatic heterocycles. The summed E-state index contributed by atoms with van der Waals surface area (Å²) in [6.45, 7) is 0. The van der Waals surface area contributed by atoms with Gasteiger partial charge in [0.1, 0.15) is 0 Å². The van der Waals surface area contributed by atoms with Crippen molar-refractivity contribution in [3.63, 3.8) is 0 Å². The van der Waals surface area contributed by atoms with E-state index in [0.29, 0.717) is 0 Å². The number of carbonyl (C=O) groups is 2. The van der Waals surface area contributed by atoms with Gasteiger partial charge in [-0.1, -0.05) is 30.3 Å². The van der Waals surface area contributed by atoms with Crippen LogP contribution in [0.2, 0.25) is 0 Å². The Morgan fingerprint density at radius 1 is 1.31 bits per heavy atom. The van der Waals surface area contributed by atoms with Gasteiger partial charge >= 0.3 is 5.97 Å². The Bertz CT molecular complexity index is 391. The van der Waals surface area contributed by atoms with Crippen molar-refractivity contribution in [1.82, 2.24) is 0 Å². The van der Waals surface area contributed by atoms with E-state index >= 15 is 0 Å². The van der Waals surface area contributed by atoms with Crippen molar-refractivity contribution >= 4 is 11.9 Å². The standard InChI is InChI=1S/C11H14N2O3/c1-16-10(15)11(13,9(12)14)7-8-5-3-2-4-6-8/h2-6H,7,13H2,1H3,(H2,12,14)/t11-/m0/s1. The van der Waals surface area contributed by atoms with Crippen LogP contribution in [-0.2, 0) is 20.7 Å². The monoisotopic (exact) mass is 222 g/mol. The van der Waals surface area contributed by atoms with Crippen LogP contribution >= 0.6 is 0 Å². The number of nitrogens with two attached hydrogens (primary N) is 2. The minimum Gasteiger partial charge on any atom is -0.467 e. The molecule has 0 fully saturated rings. The first kappa shape index (κ1) is 12.2. The van der Waals surface area contributed by atoms with Crippen LogP contribution in [0.15, 0.2) is 30.3 Å². The van der Waals surface area contributed by atoms with Crippen molar-refractivity contribution in [2.75, 3.05) is 7.11 Å². The third-order valence-corrected chi connectivity index (χ3v) is 2.32. The van der Waals surface area contributed by atoms with E-state index in [1.165, 1.54) is 0 Å². The zero-order chi connectivity index (χ0) is 12.2. The molecule has 16 heavy (non-hydrogen) atoms. The van der Waals surface area contributed by atoms with Gasteiger partial charge in [0.05, 0.1) is 7.11 Å². The van der Waals surface area contributed by atoms with Crippen LogP contribution in [0.3, 0.4) is 0 Å². The van der Waals surface area contributed by atoms with Gasteiger partial charge in [-0.2, -0.15) is 0 Å². The van der Waals surface area contributed by atoms with Crippen LogP contribution in [0.25, 0.3) is 0 Å². The quantitative estimate of drug-likeness (QED) is 0.534. The number of carbonyl (C=O) groups excluding carboxylic acids is 2. The second-order valence-corrected chi connectivity index (χ2v) is 3.49. The average molecular weight is 222 g/mol. The highest BCUT2D eigenvalue weighted by Gasteiger charge is 2.41. The van der Waals surface area contributed by atoms with E-state index in [1.54, 1.807) is 24.3 Å². The number of esters is 1. The lowest BCUT2D eigenvalue weighted by molar-refractivity contribution is -0.151. The molecule has 0 aliphatic rings. The van der Waals surface area contributed by atoms with Crippen molar-refractivity contribution in [2.45, 2.75) is 12.0 Å². The zero-order valence-electron chi connectivity index (χ0n) is 8.97. The Morgan fingerprint density at radius 2 is 1.88 bits per heavy atom. The fraction of sp³-hybridized carbons (Fsp3) is 0.273. The smallest absolute Gasteiger partial charge is 0.336 e. The predicted octanol–water partition coefficient (Wildman–Crippen LogP) is -0.415. The molecular weight excluding hydrogens is 208 g/mol. The first-order valence-corrected chi connectivity index (χ1v) is 4.72. The molecule has 5 nitrogen and oxygen atoms in total. The van der Waals surface area contributed by atoms with Crippen molar-refractivity contribution in [2.24, 2.45) is 11.5 Å². The molecule has 0 spiro atoms. The minimum atomic E-state index is -1.81. The summed E-state index contributed by atoms with van der Waals surface area (Å²) in [6, 6.07) is 8.91. The maximum absolute atomic E-state index is 11.4. The molecule has 86 valence electrons. The Kier molecular flexibility index (Phi) is 3.63. The molecule has 1 amide bonds. The van der Waals surface area contributed by atoms with E-state index in [2.05, 4.69) is 4.74 Å². The first-order chi connectivity index (χ1) is 7.50. The molecule has 1 aromatic carbocycles. The fourth-order valence-corrected chi connectivity index (χ4v) is 1.36. The zero-order valence-corrected chi connectivity index (χ0v) is 8.97. The summed E-state index contributed by atoms with van der Waals surface area (Å²) < 4.78 is 4.48. The number of methoxy groups -OCH3 is 1. The Balaban J connectivity index is 2.97. The second kappa shape index (κ2) is 4.76. The molecule has 4 N–H and O–H groups in total. The highest BCUT2D eigenvalue weighted by Crippen LogP contribution is 2.12. The van der Waals surface area contributed by atoms with E-state index in [9.17, 15) is 9.59 Å². The number of hydrogen-bond acceptors (Lipinski definition) is 4. The number of ether oxygens (including phenoxy) is 1. The van der Waals surface area contributed by atoms with Gasteiger partial charge in [-0.15, -0.1) is 0 Å². The lowest BCUT2D eigenvalue weighted by atomic mass is 9.91. The van der Waals surface area contributed by atoms with Crippen LogP contribution in [-0.4, -0.2) is 24.5 Å². The molecule has 1 rings (SSSR count). The summed E-state index contributed by atoms with van der Waals surface area (Å²) in [5, 5.41) is 0. The fourth-order valence-electron chi connectivity index (χ4n) is 1.36. The molecule has 0 saturated heterocycles. The Labute approximate surface area is 93.4 Å². The van der Waals surface area contributed by atoms with Gasteiger partial charge in [0, 0.05) is 6.42 Å². The minimum absolute atomic E-state index is 0.0237. The van der Waals surface area contributed by atoms with Gasteiger partial charge in [0.15, 0.2) is 5.54 Å². The van der Waals surface area contributed by atoms with Gasteiger partial charge in [0.25, 0.3) is 0 Å². The van der Waals surface area contributed by atoms with Gasteiger partial charge < -0.3 is 16.2 Å². The summed E-state index contributed by atoms with van der Waals surface area (Å²) in [4.78, 5) is 22.7. The van der Waals surface area contributed by atoms with E-state index < -0.39 is 17.4 Å². The average Bonchev–Trinajstić information content (AvgIpc) is 2.28. The highest BCUT2D eigenvalue weighted by atomic mass is 16.5. The topological polar surface area (TPSA) is 95.4 Å². The first-order valence-electron chi connectivity index (χ1n) is 4.72. The molecule has 5 heteroatoms. The highest BCUT2D eigenvalue weighted by molar-refractivity contribution is 6.06. The maximum atomic E-state index is 11.4. The van der Waals surface area contributed by atoms with Crippen LogP contribution in [0.4, 0.5) is 0 Å². The van der Waals surface area contributed by atoms with Crippen molar-refractivity contribution in [3.05, 3.63) is 35.9 Å². The van der Waals surface area contributed by atoms with E-state index in [0.717, 1.165) is 12.7 Å². The van der Waals surface area contributed by atoms with E-state index in [-0.39, 0.29) is 6.42 Å². The molecule has 1 atom stereocenters. The molecule has 1 aromatic rings. The molecule has 0 aliphatic carbocycles. The molecule has 0 bridgehead atoms. The summed E-state index contributed by atoms with van der Waals surface area (Å²) in [5.74, 6) is -1.73. The predicted molar refractivity (Wildman–Crippen MR) is 58.3 cm³/mol. The number of primary amides is 1. The molecule has 0 saturated carbocycles. The van der Waals surface area contributed by atoms with E-state index in [1.807, 2.05) is 6.07 Å². The largest absolute Gasteiger partial charge is 0.467 e. The van der Waals surface area contributed by atoms with Crippen LogP contribution in [0, 0.1) is 0 Å². The van der Waals surface area contributed by atoms with E-state index in [4.69, 9.17) is 11.5 Å². The lowest BCUT2D eigenvalue weighted by Crippen LogP contribution is -2.60. The van der Waals surface area contributed by atoms with Crippen LogP contribution < -0.4 is 11.5 Å². The number of hydrogen-bond donors (Lipinski definition) is 2. The lowest BCUT2D eigenvalue weighted by Gasteiger charge is -2.22. The van der Waals surface area contributed by atoms with Gasteiger partial charge in [-0.3, -0.25) is 4.79 Å². The Morgan fingerprint density at radius 3 is 2.31 bits per heavy atom. The third kappa shape index (κ3) is 2.38. The molecular formula is C11H14N2O3. The molecule has 0 heterocycles. The van der Waals surface area contributed by atoms with Gasteiger partial charge in [-0.25, -0.2) is 4.79 Å². The SMILES string of the molecule is COC(=O)[C@](N)(Cc1ccccc1)C(N)=O. The van der Waals surface area contributed by atoms with Crippen LogP contribution in [0.5, 0.6) is 0 Å². The van der Waals surface area contributed by atoms with Gasteiger partial charge in [-0.05, 0) is 5.56 Å². The molecule has 0 unspecified atom stereocenters. The van der Waals surface area contributed by atoms with Crippen molar-refractivity contribution < 1.29 is 14.3 Å². The van der Waals surface area contributed by atoms with Gasteiger partial charge in [0.2, 0.25) is 5.91 Å². The van der Waals surface area contributed by atoms with Crippen molar-refractivity contribution in [1.29, 1.82) is 0 Å². The summed E-state index contributed by atoms with van der Waals surface area (Å²) in [7, 11) is 1.16. The van der Waals surface area contributed by atoms with Crippen LogP contribution in [0.1, 0.15) is 5.56 Å².